The molecule has 2 heteroatoms. The van der Waals surface area contributed by atoms with Crippen LogP contribution in [0.2, 0.25) is 0 Å². The summed E-state index contributed by atoms with van der Waals surface area (Å²) in [5.41, 5.74) is 3.03. The molecule has 0 radical (unpaired) electrons. The van der Waals surface area contributed by atoms with Crippen LogP contribution in [0.1, 0.15) is 58.6 Å². The molecular weight excluding hydrogens is 256 g/mol. The monoisotopic (exact) mass is 290 g/mol. The fraction of sp³-hybridized carbons (Fsp3) is 0.684. The molecule has 1 N–H and O–H groups in total. The van der Waals surface area contributed by atoms with Gasteiger partial charge >= 0.3 is 0 Å². The van der Waals surface area contributed by atoms with E-state index in [1.807, 2.05) is 0 Å². The van der Waals surface area contributed by atoms with Gasteiger partial charge in [0.15, 0.2) is 0 Å². The summed E-state index contributed by atoms with van der Waals surface area (Å²) in [5.74, 6) is 0. The predicted molar refractivity (Wildman–Crippen MR) is 93.8 cm³/mol. The molecule has 120 valence electrons. The number of unbranched alkanes of at least 4 members (excludes halogenated alkanes) is 1. The molecule has 0 aliphatic heterocycles. The third-order valence-electron chi connectivity index (χ3n) is 4.15. The largest absolute Gasteiger partial charge is 0.313 e. The molecule has 1 aromatic rings. The molecule has 21 heavy (non-hydrogen) atoms. The third-order valence-corrected chi connectivity index (χ3v) is 4.15. The Kier molecular flexibility index (Phi) is 7.41. The molecular formula is C19H34N2. The number of nitrogens with zero attached hydrogens (tertiary/aromatic N) is 1. The van der Waals surface area contributed by atoms with Crippen molar-refractivity contribution in [3.05, 3.63) is 35.4 Å². The number of rotatable bonds is 8. The number of benzene rings is 1. The fourth-order valence-electron chi connectivity index (χ4n) is 2.22. The normalized spacial score (nSPS) is 12.4. The Morgan fingerprint density at radius 2 is 1.67 bits per heavy atom. The van der Waals surface area contributed by atoms with E-state index in [0.29, 0.717) is 6.04 Å². The van der Waals surface area contributed by atoms with Gasteiger partial charge in [0.2, 0.25) is 0 Å². The van der Waals surface area contributed by atoms with Crippen LogP contribution in [0.3, 0.4) is 0 Å². The van der Waals surface area contributed by atoms with Gasteiger partial charge in [0.05, 0.1) is 0 Å². The summed E-state index contributed by atoms with van der Waals surface area (Å²) in [6.45, 7) is 14.5. The standard InChI is InChI=1S/C19H34N2/c1-16(2)21(6)14-8-7-13-20-15-17-9-11-18(12-10-17)19(3,4)5/h9-12,16,20H,7-8,13-15H2,1-6H3. The van der Waals surface area contributed by atoms with Gasteiger partial charge in [0.25, 0.3) is 0 Å². The summed E-state index contributed by atoms with van der Waals surface area (Å²) in [6, 6.07) is 9.67. The van der Waals surface area contributed by atoms with Crippen LogP contribution in [0.15, 0.2) is 24.3 Å². The van der Waals surface area contributed by atoms with Crippen molar-refractivity contribution in [3.8, 4) is 0 Å². The molecule has 2 nitrogen and oxygen atoms in total. The first kappa shape index (κ1) is 18.2. The van der Waals surface area contributed by atoms with E-state index in [1.165, 1.54) is 30.5 Å². The third kappa shape index (κ3) is 7.10. The van der Waals surface area contributed by atoms with Crippen molar-refractivity contribution in [1.82, 2.24) is 10.2 Å². The van der Waals surface area contributed by atoms with E-state index in [4.69, 9.17) is 0 Å². The Hall–Kier alpha value is -0.860. The van der Waals surface area contributed by atoms with Crippen LogP contribution in [0, 0.1) is 0 Å². The summed E-state index contributed by atoms with van der Waals surface area (Å²) < 4.78 is 0. The summed E-state index contributed by atoms with van der Waals surface area (Å²) in [5, 5.41) is 3.54. The highest BCUT2D eigenvalue weighted by Crippen LogP contribution is 2.22. The van der Waals surface area contributed by atoms with Crippen LogP contribution in [0.4, 0.5) is 0 Å². The summed E-state index contributed by atoms with van der Waals surface area (Å²) in [6.07, 6.45) is 2.52. The van der Waals surface area contributed by atoms with Gasteiger partial charge in [-0.1, -0.05) is 45.0 Å². The van der Waals surface area contributed by atoms with E-state index in [2.05, 4.69) is 76.1 Å². The Morgan fingerprint density at radius 1 is 1.05 bits per heavy atom. The van der Waals surface area contributed by atoms with E-state index in [1.54, 1.807) is 0 Å². The lowest BCUT2D eigenvalue weighted by Crippen LogP contribution is -2.27. The Labute approximate surface area is 131 Å². The van der Waals surface area contributed by atoms with Crippen LogP contribution in [-0.4, -0.2) is 31.1 Å². The minimum atomic E-state index is 0.244. The van der Waals surface area contributed by atoms with Gasteiger partial charge in [-0.15, -0.1) is 0 Å². The maximum atomic E-state index is 3.54. The maximum Gasteiger partial charge on any atom is 0.0205 e. The van der Waals surface area contributed by atoms with Gasteiger partial charge in [-0.05, 0) is 63.4 Å². The maximum absolute atomic E-state index is 3.54. The molecule has 0 aliphatic carbocycles. The van der Waals surface area contributed by atoms with Crippen LogP contribution >= 0.6 is 0 Å². The summed E-state index contributed by atoms with van der Waals surface area (Å²) >= 11 is 0. The quantitative estimate of drug-likeness (QED) is 0.722. The highest BCUT2D eigenvalue weighted by Gasteiger charge is 2.12. The van der Waals surface area contributed by atoms with Crippen molar-refractivity contribution in [2.75, 3.05) is 20.1 Å². The lowest BCUT2D eigenvalue weighted by atomic mass is 9.87. The zero-order chi connectivity index (χ0) is 15.9. The average molecular weight is 290 g/mol. The predicted octanol–water partition coefficient (Wildman–Crippen LogP) is 4.19. The van der Waals surface area contributed by atoms with Crippen molar-refractivity contribution < 1.29 is 0 Å². The van der Waals surface area contributed by atoms with Gasteiger partial charge in [0.1, 0.15) is 0 Å². The first-order valence-electron chi connectivity index (χ1n) is 8.31. The SMILES string of the molecule is CC(C)N(C)CCCCNCc1ccc(C(C)(C)C)cc1. The van der Waals surface area contributed by atoms with Crippen LogP contribution in [0.25, 0.3) is 0 Å². The van der Waals surface area contributed by atoms with E-state index < -0.39 is 0 Å². The van der Waals surface area contributed by atoms with Gasteiger partial charge in [-0.2, -0.15) is 0 Å². The van der Waals surface area contributed by atoms with Crippen molar-refractivity contribution in [2.45, 2.75) is 65.5 Å². The highest BCUT2D eigenvalue weighted by molar-refractivity contribution is 5.27. The Balaban J connectivity index is 2.19. The molecule has 0 aliphatic rings. The van der Waals surface area contributed by atoms with Gasteiger partial charge < -0.3 is 10.2 Å². The molecule has 0 spiro atoms. The van der Waals surface area contributed by atoms with Gasteiger partial charge in [-0.25, -0.2) is 0 Å². The topological polar surface area (TPSA) is 15.3 Å². The highest BCUT2D eigenvalue weighted by atomic mass is 15.1. The second-order valence-corrected chi connectivity index (χ2v) is 7.41. The van der Waals surface area contributed by atoms with E-state index in [-0.39, 0.29) is 5.41 Å². The first-order chi connectivity index (χ1) is 9.80. The molecule has 0 unspecified atom stereocenters. The summed E-state index contributed by atoms with van der Waals surface area (Å²) in [7, 11) is 2.20. The molecule has 0 saturated heterocycles. The molecule has 0 saturated carbocycles. The fourth-order valence-corrected chi connectivity index (χ4v) is 2.22. The second-order valence-electron chi connectivity index (χ2n) is 7.41. The van der Waals surface area contributed by atoms with E-state index in [0.717, 1.165) is 13.1 Å². The van der Waals surface area contributed by atoms with Crippen LogP contribution in [0.5, 0.6) is 0 Å². The van der Waals surface area contributed by atoms with E-state index >= 15 is 0 Å². The van der Waals surface area contributed by atoms with Crippen molar-refractivity contribution in [3.63, 3.8) is 0 Å². The lowest BCUT2D eigenvalue weighted by molar-refractivity contribution is 0.268. The molecule has 1 rings (SSSR count). The van der Waals surface area contributed by atoms with Crippen molar-refractivity contribution >= 4 is 0 Å². The zero-order valence-electron chi connectivity index (χ0n) is 14.9. The van der Waals surface area contributed by atoms with Gasteiger partial charge in [-0.3, -0.25) is 0 Å². The number of nitrogens with one attached hydrogen (secondary N) is 1. The molecule has 0 amide bonds. The second kappa shape index (κ2) is 8.55. The molecule has 0 heterocycles. The molecule has 0 aromatic heterocycles. The number of hydrogen-bond donors (Lipinski definition) is 1. The molecule has 0 bridgehead atoms. The Morgan fingerprint density at radius 3 is 2.19 bits per heavy atom. The van der Waals surface area contributed by atoms with Crippen LogP contribution < -0.4 is 5.32 Å². The minimum absolute atomic E-state index is 0.244. The van der Waals surface area contributed by atoms with Crippen molar-refractivity contribution in [2.24, 2.45) is 0 Å². The molecule has 0 fully saturated rings. The lowest BCUT2D eigenvalue weighted by Gasteiger charge is -2.20. The number of hydrogen-bond acceptors (Lipinski definition) is 2. The first-order valence-corrected chi connectivity index (χ1v) is 8.31. The summed E-state index contributed by atoms with van der Waals surface area (Å²) in [4.78, 5) is 2.41. The van der Waals surface area contributed by atoms with E-state index in [9.17, 15) is 0 Å². The average Bonchev–Trinajstić information content (AvgIpc) is 2.41. The van der Waals surface area contributed by atoms with Crippen LogP contribution in [-0.2, 0) is 12.0 Å². The van der Waals surface area contributed by atoms with Crippen molar-refractivity contribution in [1.29, 1.82) is 0 Å². The smallest absolute Gasteiger partial charge is 0.0205 e. The molecule has 1 aromatic carbocycles. The Bertz CT molecular complexity index is 387. The minimum Gasteiger partial charge on any atom is -0.313 e. The van der Waals surface area contributed by atoms with Gasteiger partial charge in [0, 0.05) is 12.6 Å². The zero-order valence-corrected chi connectivity index (χ0v) is 14.9. The molecule has 0 atom stereocenters.